The van der Waals surface area contributed by atoms with E-state index in [4.69, 9.17) is 9.47 Å². The minimum Gasteiger partial charge on any atom is -0.461 e. The first kappa shape index (κ1) is 12.0. The van der Waals surface area contributed by atoms with Crippen LogP contribution in [0.25, 0.3) is 0 Å². The quantitative estimate of drug-likeness (QED) is 0.668. The summed E-state index contributed by atoms with van der Waals surface area (Å²) in [6.07, 6.45) is 0.290. The van der Waals surface area contributed by atoms with Crippen molar-refractivity contribution in [2.45, 2.75) is 40.2 Å². The predicted molar refractivity (Wildman–Crippen MR) is 54.1 cm³/mol. The Labute approximate surface area is 89.9 Å². The monoisotopic (exact) mass is 214 g/mol. The lowest BCUT2D eigenvalue weighted by Crippen LogP contribution is -2.33. The third-order valence-corrected chi connectivity index (χ3v) is 3.01. The first-order valence-corrected chi connectivity index (χ1v) is 5.26. The minimum atomic E-state index is -0.495. The molecule has 0 bridgehead atoms. The van der Waals surface area contributed by atoms with Crippen LogP contribution in [0.1, 0.15) is 34.1 Å². The van der Waals surface area contributed by atoms with Crippen LogP contribution in [0, 0.1) is 11.3 Å². The summed E-state index contributed by atoms with van der Waals surface area (Å²) in [5.41, 5.74) is -0.495. The van der Waals surface area contributed by atoms with Crippen LogP contribution < -0.4 is 0 Å². The summed E-state index contributed by atoms with van der Waals surface area (Å²) >= 11 is 0. The van der Waals surface area contributed by atoms with E-state index in [1.807, 2.05) is 20.8 Å². The van der Waals surface area contributed by atoms with Crippen LogP contribution in [-0.4, -0.2) is 24.6 Å². The summed E-state index contributed by atoms with van der Waals surface area (Å²) in [6, 6.07) is 0. The molecule has 0 N–H and O–H groups in total. The van der Waals surface area contributed by atoms with Crippen molar-refractivity contribution in [2.75, 3.05) is 6.61 Å². The Balaban J connectivity index is 2.56. The third-order valence-electron chi connectivity index (χ3n) is 3.01. The molecule has 4 heteroatoms. The van der Waals surface area contributed by atoms with E-state index >= 15 is 0 Å². The van der Waals surface area contributed by atoms with Crippen molar-refractivity contribution in [3.63, 3.8) is 0 Å². The van der Waals surface area contributed by atoms with Gasteiger partial charge in [0.2, 0.25) is 0 Å². The molecular weight excluding hydrogens is 196 g/mol. The van der Waals surface area contributed by atoms with Gasteiger partial charge in [0.15, 0.2) is 0 Å². The van der Waals surface area contributed by atoms with E-state index in [1.54, 1.807) is 6.92 Å². The van der Waals surface area contributed by atoms with Gasteiger partial charge in [-0.25, -0.2) is 0 Å². The molecule has 2 unspecified atom stereocenters. The fraction of sp³-hybridized carbons (Fsp3) is 0.818. The molecule has 4 nitrogen and oxygen atoms in total. The number of esters is 2. The van der Waals surface area contributed by atoms with Gasteiger partial charge in [-0.3, -0.25) is 9.59 Å². The molecule has 0 amide bonds. The zero-order valence-corrected chi connectivity index (χ0v) is 9.70. The Kier molecular flexibility index (Phi) is 3.37. The van der Waals surface area contributed by atoms with Crippen molar-refractivity contribution in [2.24, 2.45) is 11.3 Å². The van der Waals surface area contributed by atoms with E-state index in [1.165, 1.54) is 0 Å². The molecule has 1 fully saturated rings. The molecule has 0 aliphatic carbocycles. The number of ether oxygens (including phenoxy) is 2. The zero-order valence-electron chi connectivity index (χ0n) is 9.70. The summed E-state index contributed by atoms with van der Waals surface area (Å²) in [6.45, 7) is 7.49. The van der Waals surface area contributed by atoms with Gasteiger partial charge in [0, 0.05) is 0 Å². The number of hydrogen-bond donors (Lipinski definition) is 0. The lowest BCUT2D eigenvalue weighted by molar-refractivity contribution is -0.161. The highest BCUT2D eigenvalue weighted by molar-refractivity contribution is 5.78. The van der Waals surface area contributed by atoms with E-state index in [-0.39, 0.29) is 24.5 Å². The summed E-state index contributed by atoms with van der Waals surface area (Å²) in [4.78, 5) is 22.8. The van der Waals surface area contributed by atoms with Crippen LogP contribution in [0.5, 0.6) is 0 Å². The molecule has 0 aromatic rings. The normalized spacial score (nSPS) is 26.3. The van der Waals surface area contributed by atoms with Gasteiger partial charge in [-0.15, -0.1) is 0 Å². The first-order valence-electron chi connectivity index (χ1n) is 5.26. The Morgan fingerprint density at radius 1 is 1.60 bits per heavy atom. The summed E-state index contributed by atoms with van der Waals surface area (Å²) in [7, 11) is 0. The Hall–Kier alpha value is -1.06. The number of cyclic esters (lactones) is 1. The van der Waals surface area contributed by atoms with Crippen LogP contribution >= 0.6 is 0 Å². The smallest absolute Gasteiger partial charge is 0.312 e. The summed E-state index contributed by atoms with van der Waals surface area (Å²) in [5.74, 6) is -0.899. The first-order chi connectivity index (χ1) is 6.88. The Morgan fingerprint density at radius 3 is 2.60 bits per heavy atom. The van der Waals surface area contributed by atoms with Crippen molar-refractivity contribution in [3.05, 3.63) is 0 Å². The molecule has 1 aliphatic heterocycles. The van der Waals surface area contributed by atoms with Crippen LogP contribution in [0.2, 0.25) is 0 Å². The third kappa shape index (κ3) is 2.49. The van der Waals surface area contributed by atoms with E-state index in [0.29, 0.717) is 6.42 Å². The van der Waals surface area contributed by atoms with E-state index in [9.17, 15) is 9.59 Å². The molecule has 86 valence electrons. The van der Waals surface area contributed by atoms with Crippen molar-refractivity contribution in [3.8, 4) is 0 Å². The largest absolute Gasteiger partial charge is 0.461 e. The maximum Gasteiger partial charge on any atom is 0.312 e. The highest BCUT2D eigenvalue weighted by atomic mass is 16.6. The van der Waals surface area contributed by atoms with Gasteiger partial charge in [-0.1, -0.05) is 6.92 Å². The molecule has 0 aromatic heterocycles. The van der Waals surface area contributed by atoms with Crippen LogP contribution in [0.4, 0.5) is 0 Å². The van der Waals surface area contributed by atoms with Gasteiger partial charge in [0.25, 0.3) is 0 Å². The summed E-state index contributed by atoms with van der Waals surface area (Å²) < 4.78 is 10.1. The number of rotatable bonds is 3. The second-order valence-corrected chi connectivity index (χ2v) is 4.60. The number of carbonyl (C=O) groups is 2. The SMILES string of the molecule is CCC(C)(C)C(=O)OC1COC(=O)C1C. The van der Waals surface area contributed by atoms with Gasteiger partial charge in [-0.2, -0.15) is 0 Å². The van der Waals surface area contributed by atoms with Crippen molar-refractivity contribution >= 4 is 11.9 Å². The molecule has 15 heavy (non-hydrogen) atoms. The lowest BCUT2D eigenvalue weighted by Gasteiger charge is -2.23. The highest BCUT2D eigenvalue weighted by Gasteiger charge is 2.38. The van der Waals surface area contributed by atoms with Crippen molar-refractivity contribution < 1.29 is 19.1 Å². The molecule has 1 heterocycles. The van der Waals surface area contributed by atoms with E-state index in [0.717, 1.165) is 0 Å². The average molecular weight is 214 g/mol. The predicted octanol–water partition coefficient (Wildman–Crippen LogP) is 1.53. The average Bonchev–Trinajstić information content (AvgIpc) is 2.49. The molecule has 1 aliphatic rings. The zero-order chi connectivity index (χ0) is 11.6. The standard InChI is InChI=1S/C11H18O4/c1-5-11(3,4)10(13)15-8-6-14-9(12)7(8)2/h7-8H,5-6H2,1-4H3. The second kappa shape index (κ2) is 4.21. The van der Waals surface area contributed by atoms with Gasteiger partial charge in [0.05, 0.1) is 11.3 Å². The molecule has 2 atom stereocenters. The fourth-order valence-electron chi connectivity index (χ4n) is 1.17. The van der Waals surface area contributed by atoms with E-state index < -0.39 is 11.5 Å². The molecule has 0 saturated carbocycles. The van der Waals surface area contributed by atoms with Crippen molar-refractivity contribution in [1.29, 1.82) is 0 Å². The van der Waals surface area contributed by atoms with Gasteiger partial charge < -0.3 is 9.47 Å². The van der Waals surface area contributed by atoms with Gasteiger partial charge >= 0.3 is 11.9 Å². The van der Waals surface area contributed by atoms with Crippen LogP contribution in [-0.2, 0) is 19.1 Å². The van der Waals surface area contributed by atoms with E-state index in [2.05, 4.69) is 0 Å². The second-order valence-electron chi connectivity index (χ2n) is 4.60. The Morgan fingerprint density at radius 2 is 2.20 bits per heavy atom. The fourth-order valence-corrected chi connectivity index (χ4v) is 1.17. The molecule has 0 spiro atoms. The van der Waals surface area contributed by atoms with Crippen LogP contribution in [0.15, 0.2) is 0 Å². The van der Waals surface area contributed by atoms with Gasteiger partial charge in [0.1, 0.15) is 12.7 Å². The molecule has 1 rings (SSSR count). The van der Waals surface area contributed by atoms with Crippen LogP contribution in [0.3, 0.4) is 0 Å². The lowest BCUT2D eigenvalue weighted by atomic mass is 9.90. The van der Waals surface area contributed by atoms with Gasteiger partial charge in [-0.05, 0) is 27.2 Å². The molecule has 0 aromatic carbocycles. The molecule has 0 radical (unpaired) electrons. The number of carbonyl (C=O) groups excluding carboxylic acids is 2. The van der Waals surface area contributed by atoms with Crippen molar-refractivity contribution in [1.82, 2.24) is 0 Å². The Bertz CT molecular complexity index is 270. The maximum absolute atomic E-state index is 11.7. The minimum absolute atomic E-state index is 0.186. The summed E-state index contributed by atoms with van der Waals surface area (Å²) in [5, 5.41) is 0. The number of hydrogen-bond acceptors (Lipinski definition) is 4. The highest BCUT2D eigenvalue weighted by Crippen LogP contribution is 2.25. The topological polar surface area (TPSA) is 52.6 Å². The maximum atomic E-state index is 11.7. The molecular formula is C11H18O4. The molecule has 1 saturated heterocycles.